The van der Waals surface area contributed by atoms with Gasteiger partial charge in [0.25, 0.3) is 5.91 Å². The number of hydrogen-bond donors (Lipinski definition) is 1. The van der Waals surface area contributed by atoms with E-state index in [-0.39, 0.29) is 24.5 Å². The number of morpholine rings is 1. The molecule has 1 heterocycles. The molecule has 2 fully saturated rings. The fraction of sp³-hybridized carbons (Fsp3) is 0.417. The lowest BCUT2D eigenvalue weighted by Crippen LogP contribution is -2.56. The number of carbonyl (C=O) groups is 2. The molecule has 4 rings (SSSR count). The summed E-state index contributed by atoms with van der Waals surface area (Å²) in [6, 6.07) is 17.7. The predicted molar refractivity (Wildman–Crippen MR) is 111 cm³/mol. The molecule has 1 aliphatic heterocycles. The minimum atomic E-state index is -0.708. The fourth-order valence-corrected chi connectivity index (χ4v) is 4.56. The van der Waals surface area contributed by atoms with Crippen LogP contribution < -0.4 is 5.32 Å². The summed E-state index contributed by atoms with van der Waals surface area (Å²) in [4.78, 5) is 27.9. The molecule has 1 saturated carbocycles. The van der Waals surface area contributed by atoms with Crippen LogP contribution in [0.3, 0.4) is 0 Å². The van der Waals surface area contributed by atoms with E-state index >= 15 is 0 Å². The lowest BCUT2D eigenvalue weighted by atomic mass is 9.95. The number of carbonyl (C=O) groups excluding carboxylic acids is 2. The lowest BCUT2D eigenvalue weighted by molar-refractivity contribution is -0.168. The number of aryl methyl sites for hydroxylation is 1. The number of amides is 2. The number of hydrogen-bond acceptors (Lipinski definition) is 3. The molecule has 5 heteroatoms. The van der Waals surface area contributed by atoms with Gasteiger partial charge in [-0.05, 0) is 30.9 Å². The molecule has 0 aromatic heterocycles. The van der Waals surface area contributed by atoms with Gasteiger partial charge in [-0.2, -0.15) is 0 Å². The first-order valence-corrected chi connectivity index (χ1v) is 10.4. The zero-order valence-corrected chi connectivity index (χ0v) is 16.8. The van der Waals surface area contributed by atoms with Crippen LogP contribution in [0.2, 0.25) is 0 Å². The van der Waals surface area contributed by atoms with E-state index in [9.17, 15) is 9.59 Å². The van der Waals surface area contributed by atoms with Crippen molar-refractivity contribution in [2.75, 3.05) is 6.61 Å². The molecule has 1 aliphatic carbocycles. The molecule has 2 aromatic carbocycles. The van der Waals surface area contributed by atoms with E-state index in [1.807, 2.05) is 60.4 Å². The molecule has 1 saturated heterocycles. The van der Waals surface area contributed by atoms with Crippen LogP contribution in [-0.4, -0.2) is 35.5 Å². The number of rotatable bonds is 5. The maximum atomic E-state index is 13.1. The summed E-state index contributed by atoms with van der Waals surface area (Å²) in [5, 5.41) is 3.02. The largest absolute Gasteiger partial charge is 0.356 e. The van der Waals surface area contributed by atoms with Crippen molar-refractivity contribution in [2.24, 2.45) is 0 Å². The number of nitrogens with one attached hydrogen (secondary N) is 1. The average Bonchev–Trinajstić information content (AvgIpc) is 3.27. The second kappa shape index (κ2) is 8.78. The molecule has 0 spiro atoms. The van der Waals surface area contributed by atoms with E-state index in [1.165, 1.54) is 0 Å². The first-order valence-electron chi connectivity index (χ1n) is 10.4. The lowest BCUT2D eigenvalue weighted by Gasteiger charge is -2.43. The summed E-state index contributed by atoms with van der Waals surface area (Å²) < 4.78 is 5.82. The maximum Gasteiger partial charge on any atom is 0.251 e. The number of nitrogens with zero attached hydrogens (tertiary/aromatic N) is 1. The first-order chi connectivity index (χ1) is 14.1. The normalized spacial score (nSPS) is 22.7. The Labute approximate surface area is 172 Å². The third-order valence-electron chi connectivity index (χ3n) is 5.93. The topological polar surface area (TPSA) is 58.6 Å². The third kappa shape index (κ3) is 4.35. The Balaban J connectivity index is 1.57. The van der Waals surface area contributed by atoms with Crippen LogP contribution in [0.1, 0.15) is 48.4 Å². The Morgan fingerprint density at radius 1 is 1.10 bits per heavy atom. The van der Waals surface area contributed by atoms with Crippen molar-refractivity contribution < 1.29 is 14.3 Å². The van der Waals surface area contributed by atoms with E-state index in [4.69, 9.17) is 4.74 Å². The Bertz CT molecular complexity index is 861. The summed E-state index contributed by atoms with van der Waals surface area (Å²) in [6.45, 7) is 2.44. The molecule has 29 heavy (non-hydrogen) atoms. The van der Waals surface area contributed by atoms with Crippen LogP contribution in [0, 0.1) is 6.92 Å². The molecule has 152 valence electrons. The van der Waals surface area contributed by atoms with Gasteiger partial charge in [0.2, 0.25) is 5.91 Å². The van der Waals surface area contributed by atoms with Crippen molar-refractivity contribution >= 4 is 11.8 Å². The number of benzene rings is 2. The maximum absolute atomic E-state index is 13.1. The quantitative estimate of drug-likeness (QED) is 0.847. The van der Waals surface area contributed by atoms with E-state index < -0.39 is 12.1 Å². The highest BCUT2D eigenvalue weighted by atomic mass is 16.5. The minimum Gasteiger partial charge on any atom is -0.356 e. The molecular weight excluding hydrogens is 364 g/mol. The van der Waals surface area contributed by atoms with Gasteiger partial charge in [0.05, 0.1) is 6.04 Å². The standard InChI is InChI=1S/C24H28N2O3/c1-17-8-7-9-18(14-17)15-25-24(28)23-22(19-10-3-2-4-11-19)26(21(27)16-29-23)20-12-5-6-13-20/h2-4,7-11,14,20,22-23H,5-6,12-13,15-16H2,1H3,(H,25,28)/t22-,23+/m1/s1. The van der Waals surface area contributed by atoms with Crippen LogP contribution in [0.4, 0.5) is 0 Å². The summed E-state index contributed by atoms with van der Waals surface area (Å²) in [5.74, 6) is -0.190. The molecule has 0 bridgehead atoms. The van der Waals surface area contributed by atoms with Gasteiger partial charge >= 0.3 is 0 Å². The summed E-state index contributed by atoms with van der Waals surface area (Å²) in [7, 11) is 0. The van der Waals surface area contributed by atoms with Gasteiger partial charge in [-0.1, -0.05) is 73.0 Å². The number of ether oxygens (including phenoxy) is 1. The average molecular weight is 392 g/mol. The minimum absolute atomic E-state index is 0.0199. The summed E-state index contributed by atoms with van der Waals surface area (Å²) in [5.41, 5.74) is 3.16. The van der Waals surface area contributed by atoms with Crippen LogP contribution in [0.25, 0.3) is 0 Å². The first kappa shape index (κ1) is 19.6. The van der Waals surface area contributed by atoms with Crippen molar-refractivity contribution in [3.63, 3.8) is 0 Å². The molecule has 2 atom stereocenters. The van der Waals surface area contributed by atoms with Crippen molar-refractivity contribution in [1.82, 2.24) is 10.2 Å². The predicted octanol–water partition coefficient (Wildman–Crippen LogP) is 3.52. The Morgan fingerprint density at radius 3 is 2.59 bits per heavy atom. The zero-order valence-electron chi connectivity index (χ0n) is 16.8. The highest BCUT2D eigenvalue weighted by molar-refractivity contribution is 5.86. The fourth-order valence-electron chi connectivity index (χ4n) is 4.56. The highest BCUT2D eigenvalue weighted by Gasteiger charge is 2.44. The second-order valence-electron chi connectivity index (χ2n) is 8.03. The van der Waals surface area contributed by atoms with Gasteiger partial charge in [0, 0.05) is 12.6 Å². The molecule has 2 amide bonds. The highest BCUT2D eigenvalue weighted by Crippen LogP contribution is 2.36. The van der Waals surface area contributed by atoms with Gasteiger partial charge in [-0.3, -0.25) is 9.59 Å². The van der Waals surface area contributed by atoms with Crippen LogP contribution in [0.5, 0.6) is 0 Å². The van der Waals surface area contributed by atoms with Crippen LogP contribution >= 0.6 is 0 Å². The summed E-state index contributed by atoms with van der Waals surface area (Å²) in [6.07, 6.45) is 3.53. The van der Waals surface area contributed by atoms with Crippen molar-refractivity contribution in [1.29, 1.82) is 0 Å². The van der Waals surface area contributed by atoms with E-state index in [2.05, 4.69) is 11.4 Å². The molecular formula is C24H28N2O3. The molecule has 2 aliphatic rings. The van der Waals surface area contributed by atoms with Crippen molar-refractivity contribution in [2.45, 2.75) is 57.3 Å². The Morgan fingerprint density at radius 2 is 1.86 bits per heavy atom. The van der Waals surface area contributed by atoms with Gasteiger partial charge in [-0.25, -0.2) is 0 Å². The van der Waals surface area contributed by atoms with Crippen LogP contribution in [0.15, 0.2) is 54.6 Å². The van der Waals surface area contributed by atoms with Crippen LogP contribution in [-0.2, 0) is 20.9 Å². The SMILES string of the molecule is Cc1cccc(CNC(=O)[C@H]2OCC(=O)N(C3CCCC3)[C@@H]2c2ccccc2)c1. The Hall–Kier alpha value is -2.66. The molecule has 5 nitrogen and oxygen atoms in total. The van der Waals surface area contributed by atoms with Gasteiger partial charge in [0.1, 0.15) is 6.61 Å². The third-order valence-corrected chi connectivity index (χ3v) is 5.93. The van der Waals surface area contributed by atoms with Gasteiger partial charge < -0.3 is 15.0 Å². The molecule has 1 N–H and O–H groups in total. The van der Waals surface area contributed by atoms with Crippen molar-refractivity contribution in [3.8, 4) is 0 Å². The zero-order chi connectivity index (χ0) is 20.2. The molecule has 2 aromatic rings. The van der Waals surface area contributed by atoms with E-state index in [0.29, 0.717) is 6.54 Å². The Kier molecular flexibility index (Phi) is 5.95. The summed E-state index contributed by atoms with van der Waals surface area (Å²) >= 11 is 0. The van der Waals surface area contributed by atoms with Gasteiger partial charge in [0.15, 0.2) is 6.10 Å². The van der Waals surface area contributed by atoms with Gasteiger partial charge in [-0.15, -0.1) is 0 Å². The smallest absolute Gasteiger partial charge is 0.251 e. The van der Waals surface area contributed by atoms with E-state index in [1.54, 1.807) is 0 Å². The van der Waals surface area contributed by atoms with Crippen molar-refractivity contribution in [3.05, 3.63) is 71.3 Å². The monoisotopic (exact) mass is 392 g/mol. The second-order valence-corrected chi connectivity index (χ2v) is 8.03. The van der Waals surface area contributed by atoms with E-state index in [0.717, 1.165) is 42.4 Å². The molecule has 0 unspecified atom stereocenters. The molecule has 0 radical (unpaired) electrons.